The van der Waals surface area contributed by atoms with Gasteiger partial charge in [-0.05, 0) is 35.9 Å². The summed E-state index contributed by atoms with van der Waals surface area (Å²) in [6, 6.07) is 13.3. The molecule has 146 valence electrons. The minimum absolute atomic E-state index is 0.129. The van der Waals surface area contributed by atoms with E-state index in [2.05, 4.69) is 10.1 Å². The van der Waals surface area contributed by atoms with E-state index in [9.17, 15) is 9.18 Å². The number of carbonyl (C=O) groups is 1. The molecule has 0 fully saturated rings. The molecule has 6 nitrogen and oxygen atoms in total. The first-order valence-electron chi connectivity index (χ1n) is 8.72. The summed E-state index contributed by atoms with van der Waals surface area (Å²) in [6.07, 6.45) is 4.52. The van der Waals surface area contributed by atoms with Crippen LogP contribution in [0.4, 0.5) is 4.39 Å². The molecule has 4 aromatic rings. The van der Waals surface area contributed by atoms with Crippen molar-refractivity contribution in [2.45, 2.75) is 13.2 Å². The summed E-state index contributed by atoms with van der Waals surface area (Å²) in [5.74, 6) is -0.181. The van der Waals surface area contributed by atoms with Crippen LogP contribution in [-0.2, 0) is 17.9 Å². The first kappa shape index (κ1) is 18.9. The van der Waals surface area contributed by atoms with E-state index in [-0.39, 0.29) is 18.3 Å². The largest absolute Gasteiger partial charge is 0.452 e. The van der Waals surface area contributed by atoms with Gasteiger partial charge in [-0.15, -0.1) is 0 Å². The number of aromatic nitrogens is 3. The number of oxazole rings is 1. The van der Waals surface area contributed by atoms with E-state index in [4.69, 9.17) is 20.8 Å². The Kier molecular flexibility index (Phi) is 5.39. The minimum atomic E-state index is -0.544. The first-order chi connectivity index (χ1) is 14.1. The number of hydrogen-bond acceptors (Lipinski definition) is 5. The zero-order valence-corrected chi connectivity index (χ0v) is 15.8. The highest BCUT2D eigenvalue weighted by atomic mass is 35.5. The lowest BCUT2D eigenvalue weighted by Gasteiger charge is -2.03. The third-order valence-electron chi connectivity index (χ3n) is 4.17. The summed E-state index contributed by atoms with van der Waals surface area (Å²) in [6.45, 7) is 0.309. The Labute approximate surface area is 170 Å². The fraction of sp³-hybridized carbons (Fsp3) is 0.0952. The van der Waals surface area contributed by atoms with Crippen molar-refractivity contribution in [1.29, 1.82) is 0 Å². The highest BCUT2D eigenvalue weighted by Gasteiger charge is 2.14. The molecule has 2 aromatic carbocycles. The number of hydrogen-bond donors (Lipinski definition) is 0. The van der Waals surface area contributed by atoms with Gasteiger partial charge in [0.2, 0.25) is 5.89 Å². The van der Waals surface area contributed by atoms with E-state index < -0.39 is 5.97 Å². The van der Waals surface area contributed by atoms with E-state index in [1.807, 2.05) is 18.2 Å². The molecule has 0 aliphatic rings. The molecule has 4 rings (SSSR count). The lowest BCUT2D eigenvalue weighted by molar-refractivity contribution is 0.0439. The normalized spacial score (nSPS) is 10.8. The Morgan fingerprint density at radius 2 is 1.93 bits per heavy atom. The SMILES string of the molecule is O=C(OCc1ncc(-c2ccc(F)cc2)o1)c1cnn(Cc2ccccc2Cl)c1. The molecule has 2 heterocycles. The molecule has 29 heavy (non-hydrogen) atoms. The average molecular weight is 412 g/mol. The van der Waals surface area contributed by atoms with Gasteiger partial charge in [-0.25, -0.2) is 14.2 Å². The van der Waals surface area contributed by atoms with E-state index in [0.717, 1.165) is 5.56 Å². The fourth-order valence-electron chi connectivity index (χ4n) is 2.69. The molecule has 0 atom stereocenters. The fourth-order valence-corrected chi connectivity index (χ4v) is 2.89. The molecule has 0 aliphatic heterocycles. The van der Waals surface area contributed by atoms with Gasteiger partial charge in [-0.1, -0.05) is 29.8 Å². The van der Waals surface area contributed by atoms with Gasteiger partial charge in [-0.3, -0.25) is 4.68 Å². The molecule has 0 radical (unpaired) electrons. The number of ether oxygens (including phenoxy) is 1. The zero-order valence-electron chi connectivity index (χ0n) is 15.1. The molecule has 8 heteroatoms. The van der Waals surface area contributed by atoms with E-state index in [0.29, 0.717) is 28.5 Å². The Hall–Kier alpha value is -3.45. The van der Waals surface area contributed by atoms with Gasteiger partial charge in [-0.2, -0.15) is 5.10 Å². The zero-order chi connectivity index (χ0) is 20.2. The van der Waals surface area contributed by atoms with Crippen molar-refractivity contribution in [2.75, 3.05) is 0 Å². The molecule has 0 unspecified atom stereocenters. The standard InChI is InChI=1S/C21H15ClFN3O3/c22-18-4-2-1-3-15(18)11-26-12-16(9-25-26)21(27)28-13-20-24-10-19(29-20)14-5-7-17(23)8-6-14/h1-10,12H,11,13H2. The highest BCUT2D eigenvalue weighted by molar-refractivity contribution is 6.31. The molecule has 0 saturated carbocycles. The van der Waals surface area contributed by atoms with Gasteiger partial charge in [0, 0.05) is 16.8 Å². The molecule has 0 N–H and O–H groups in total. The number of nitrogens with zero attached hydrogens (tertiary/aromatic N) is 3. The summed E-state index contributed by atoms with van der Waals surface area (Å²) in [5, 5.41) is 4.80. The lowest BCUT2D eigenvalue weighted by Crippen LogP contribution is -2.05. The second-order valence-electron chi connectivity index (χ2n) is 6.22. The lowest BCUT2D eigenvalue weighted by atomic mass is 10.2. The predicted octanol–water partition coefficient (Wildman–Crippen LogP) is 4.74. The Balaban J connectivity index is 1.36. The summed E-state index contributed by atoms with van der Waals surface area (Å²) in [5.41, 5.74) is 1.88. The van der Waals surface area contributed by atoms with E-state index in [1.165, 1.54) is 24.5 Å². The van der Waals surface area contributed by atoms with Crippen LogP contribution in [0.2, 0.25) is 5.02 Å². The number of benzene rings is 2. The van der Waals surface area contributed by atoms with Crippen molar-refractivity contribution in [1.82, 2.24) is 14.8 Å². The van der Waals surface area contributed by atoms with Gasteiger partial charge in [0.05, 0.1) is 24.5 Å². The van der Waals surface area contributed by atoms with Crippen molar-refractivity contribution in [2.24, 2.45) is 0 Å². The number of rotatable bonds is 6. The second kappa shape index (κ2) is 8.28. The Bertz CT molecular complexity index is 1140. The highest BCUT2D eigenvalue weighted by Crippen LogP contribution is 2.21. The van der Waals surface area contributed by atoms with Crippen LogP contribution in [0.5, 0.6) is 0 Å². The average Bonchev–Trinajstić information content (AvgIpc) is 3.38. The van der Waals surface area contributed by atoms with Crippen LogP contribution >= 0.6 is 11.6 Å². The van der Waals surface area contributed by atoms with Gasteiger partial charge in [0.25, 0.3) is 0 Å². The maximum atomic E-state index is 13.0. The van der Waals surface area contributed by atoms with Crippen molar-refractivity contribution >= 4 is 17.6 Å². The molecular formula is C21H15ClFN3O3. The van der Waals surface area contributed by atoms with Crippen molar-refractivity contribution in [3.05, 3.63) is 95.0 Å². The molecule has 0 bridgehead atoms. The van der Waals surface area contributed by atoms with Crippen LogP contribution in [0.3, 0.4) is 0 Å². The van der Waals surface area contributed by atoms with Crippen molar-refractivity contribution in [3.63, 3.8) is 0 Å². The predicted molar refractivity (Wildman–Crippen MR) is 104 cm³/mol. The van der Waals surface area contributed by atoms with Crippen LogP contribution in [-0.4, -0.2) is 20.7 Å². The van der Waals surface area contributed by atoms with Gasteiger partial charge >= 0.3 is 5.97 Å². The minimum Gasteiger partial charge on any atom is -0.452 e. The monoisotopic (exact) mass is 411 g/mol. The van der Waals surface area contributed by atoms with Gasteiger partial charge in [0.15, 0.2) is 12.4 Å². The van der Waals surface area contributed by atoms with E-state index >= 15 is 0 Å². The quantitative estimate of drug-likeness (QED) is 0.429. The summed E-state index contributed by atoms with van der Waals surface area (Å²) >= 11 is 6.15. The summed E-state index contributed by atoms with van der Waals surface area (Å²) in [7, 11) is 0. The van der Waals surface area contributed by atoms with Crippen LogP contribution in [0.25, 0.3) is 11.3 Å². The number of esters is 1. The molecular weight excluding hydrogens is 397 g/mol. The summed E-state index contributed by atoms with van der Waals surface area (Å²) < 4.78 is 25.4. The molecule has 2 aromatic heterocycles. The molecule has 0 amide bonds. The maximum absolute atomic E-state index is 13.0. The van der Waals surface area contributed by atoms with Crippen LogP contribution in [0, 0.1) is 5.82 Å². The third kappa shape index (κ3) is 4.52. The van der Waals surface area contributed by atoms with Crippen molar-refractivity contribution in [3.8, 4) is 11.3 Å². The first-order valence-corrected chi connectivity index (χ1v) is 9.10. The third-order valence-corrected chi connectivity index (χ3v) is 4.54. The molecule has 0 spiro atoms. The molecule has 0 aliphatic carbocycles. The summed E-state index contributed by atoms with van der Waals surface area (Å²) in [4.78, 5) is 16.3. The molecule has 0 saturated heterocycles. The topological polar surface area (TPSA) is 70.2 Å². The number of carbonyl (C=O) groups excluding carboxylic acids is 1. The second-order valence-corrected chi connectivity index (χ2v) is 6.63. The smallest absolute Gasteiger partial charge is 0.341 e. The van der Waals surface area contributed by atoms with Crippen molar-refractivity contribution < 1.29 is 18.3 Å². The van der Waals surface area contributed by atoms with E-state index in [1.54, 1.807) is 29.1 Å². The van der Waals surface area contributed by atoms with Crippen LogP contribution in [0.15, 0.2) is 71.5 Å². The maximum Gasteiger partial charge on any atom is 0.341 e. The van der Waals surface area contributed by atoms with Gasteiger partial charge < -0.3 is 9.15 Å². The Morgan fingerprint density at radius 1 is 1.14 bits per heavy atom. The van der Waals surface area contributed by atoms with Crippen LogP contribution < -0.4 is 0 Å². The number of halogens is 2. The van der Waals surface area contributed by atoms with Gasteiger partial charge in [0.1, 0.15) is 5.82 Å². The van der Waals surface area contributed by atoms with Crippen LogP contribution in [0.1, 0.15) is 21.8 Å². The Morgan fingerprint density at radius 3 is 2.72 bits per heavy atom.